The molecule has 5 rings (SSSR count). The van der Waals surface area contributed by atoms with Gasteiger partial charge in [-0.15, -0.1) is 0 Å². The molecule has 0 saturated heterocycles. The molecule has 1 unspecified atom stereocenters. The van der Waals surface area contributed by atoms with Crippen molar-refractivity contribution in [2.24, 2.45) is 0 Å². The zero-order valence-electron chi connectivity index (χ0n) is 17.3. The van der Waals surface area contributed by atoms with Crippen LogP contribution in [0.1, 0.15) is 40.1 Å². The lowest BCUT2D eigenvalue weighted by Gasteiger charge is -2.36. The van der Waals surface area contributed by atoms with Gasteiger partial charge in [-0.2, -0.15) is 0 Å². The van der Waals surface area contributed by atoms with Gasteiger partial charge in [0.15, 0.2) is 0 Å². The number of amides is 1. The lowest BCUT2D eigenvalue weighted by Crippen LogP contribution is -2.40. The number of nitrogens with one attached hydrogen (secondary N) is 1. The molecule has 5 heteroatoms. The van der Waals surface area contributed by atoms with E-state index >= 15 is 0 Å². The zero-order chi connectivity index (χ0) is 21.4. The summed E-state index contributed by atoms with van der Waals surface area (Å²) in [4.78, 5) is 18.9. The number of fused-ring (bicyclic) bond motifs is 3. The number of para-hydroxylation sites is 1. The Morgan fingerprint density at radius 3 is 2.55 bits per heavy atom. The van der Waals surface area contributed by atoms with E-state index in [4.69, 9.17) is 4.74 Å². The fourth-order valence-corrected chi connectivity index (χ4v) is 4.48. The van der Waals surface area contributed by atoms with Crippen molar-refractivity contribution >= 4 is 16.8 Å². The highest BCUT2D eigenvalue weighted by atomic mass is 19.1. The van der Waals surface area contributed by atoms with Crippen molar-refractivity contribution in [3.63, 3.8) is 0 Å². The van der Waals surface area contributed by atoms with Crippen LogP contribution in [-0.2, 0) is 6.42 Å². The van der Waals surface area contributed by atoms with E-state index in [9.17, 15) is 9.18 Å². The molecule has 0 fully saturated rings. The van der Waals surface area contributed by atoms with Crippen molar-refractivity contribution in [2.75, 3.05) is 13.2 Å². The number of benzene rings is 3. The Kier molecular flexibility index (Phi) is 4.94. The van der Waals surface area contributed by atoms with E-state index in [0.29, 0.717) is 18.7 Å². The number of halogens is 1. The molecular weight excluding hydrogens is 391 g/mol. The standard InChI is InChI=1S/C26H23FN2O2/c1-2-31-20-13-9-17(10-14-20)25-24-22(21-5-3-4-6-23(21)28-24)15-16-29(25)26(30)18-7-11-19(27)12-8-18/h3-14,25,28H,2,15-16H2,1H3. The Labute approximate surface area is 180 Å². The van der Waals surface area contributed by atoms with Gasteiger partial charge in [0.05, 0.1) is 12.6 Å². The van der Waals surface area contributed by atoms with Gasteiger partial charge in [0.25, 0.3) is 5.91 Å². The Bertz CT molecular complexity index is 1230. The summed E-state index contributed by atoms with van der Waals surface area (Å²) in [5, 5.41) is 1.20. The number of aromatic amines is 1. The van der Waals surface area contributed by atoms with Crippen LogP contribution in [0.25, 0.3) is 10.9 Å². The van der Waals surface area contributed by atoms with Crippen molar-refractivity contribution in [1.29, 1.82) is 0 Å². The van der Waals surface area contributed by atoms with Crippen LogP contribution in [0.5, 0.6) is 5.75 Å². The number of ether oxygens (including phenoxy) is 1. The summed E-state index contributed by atoms with van der Waals surface area (Å²) < 4.78 is 19.0. The molecule has 2 heterocycles. The van der Waals surface area contributed by atoms with E-state index in [-0.39, 0.29) is 17.8 Å². The molecule has 3 aromatic carbocycles. The Hall–Kier alpha value is -3.60. The molecular formula is C26H23FN2O2. The number of rotatable bonds is 4. The second-order valence-electron chi connectivity index (χ2n) is 7.72. The van der Waals surface area contributed by atoms with Gasteiger partial charge < -0.3 is 14.6 Å². The molecule has 0 radical (unpaired) electrons. The van der Waals surface area contributed by atoms with E-state index in [1.807, 2.05) is 48.2 Å². The molecule has 156 valence electrons. The van der Waals surface area contributed by atoms with Crippen molar-refractivity contribution < 1.29 is 13.9 Å². The maximum absolute atomic E-state index is 13.5. The van der Waals surface area contributed by atoms with Crippen molar-refractivity contribution in [3.8, 4) is 5.75 Å². The predicted octanol–water partition coefficient (Wildman–Crippen LogP) is 5.49. The smallest absolute Gasteiger partial charge is 0.254 e. The minimum atomic E-state index is -0.351. The SMILES string of the molecule is CCOc1ccc(C2c3[nH]c4ccccc4c3CCN2C(=O)c2ccc(F)cc2)cc1. The van der Waals surface area contributed by atoms with E-state index in [2.05, 4.69) is 17.1 Å². The van der Waals surface area contributed by atoms with Crippen LogP contribution in [0, 0.1) is 5.82 Å². The van der Waals surface area contributed by atoms with Crippen LogP contribution in [-0.4, -0.2) is 28.9 Å². The van der Waals surface area contributed by atoms with Gasteiger partial charge in [0, 0.05) is 28.7 Å². The minimum Gasteiger partial charge on any atom is -0.494 e. The maximum Gasteiger partial charge on any atom is 0.254 e. The molecule has 0 bridgehead atoms. The lowest BCUT2D eigenvalue weighted by molar-refractivity contribution is 0.0692. The van der Waals surface area contributed by atoms with Crippen LogP contribution in [0.3, 0.4) is 0 Å². The number of hydrogen-bond donors (Lipinski definition) is 1. The van der Waals surface area contributed by atoms with Gasteiger partial charge >= 0.3 is 0 Å². The molecule has 1 N–H and O–H groups in total. The minimum absolute atomic E-state index is 0.108. The summed E-state index contributed by atoms with van der Waals surface area (Å²) in [6, 6.07) is 21.7. The number of hydrogen-bond acceptors (Lipinski definition) is 2. The third-order valence-corrected chi connectivity index (χ3v) is 5.89. The van der Waals surface area contributed by atoms with Crippen LogP contribution < -0.4 is 4.74 Å². The van der Waals surface area contributed by atoms with E-state index in [1.165, 1.54) is 23.1 Å². The van der Waals surface area contributed by atoms with Crippen molar-refractivity contribution in [1.82, 2.24) is 9.88 Å². The first-order chi connectivity index (χ1) is 15.2. The second-order valence-corrected chi connectivity index (χ2v) is 7.72. The molecule has 1 atom stereocenters. The van der Waals surface area contributed by atoms with E-state index < -0.39 is 0 Å². The topological polar surface area (TPSA) is 45.3 Å². The van der Waals surface area contributed by atoms with Crippen LogP contribution in [0.15, 0.2) is 72.8 Å². The Morgan fingerprint density at radius 1 is 1.06 bits per heavy atom. The molecule has 4 aromatic rings. The second kappa shape index (κ2) is 7.91. The van der Waals surface area contributed by atoms with Crippen LogP contribution in [0.2, 0.25) is 0 Å². The molecule has 0 saturated carbocycles. The summed E-state index contributed by atoms with van der Waals surface area (Å²) in [5.74, 6) is 0.342. The molecule has 1 aromatic heterocycles. The lowest BCUT2D eigenvalue weighted by atomic mass is 9.91. The first-order valence-electron chi connectivity index (χ1n) is 10.5. The van der Waals surface area contributed by atoms with Gasteiger partial charge in [-0.1, -0.05) is 30.3 Å². The summed E-state index contributed by atoms with van der Waals surface area (Å²) in [6.07, 6.45) is 0.764. The maximum atomic E-state index is 13.5. The number of nitrogens with zero attached hydrogens (tertiary/aromatic N) is 1. The number of carbonyl (C=O) groups excluding carboxylic acids is 1. The fraction of sp³-hybridized carbons (Fsp3) is 0.192. The van der Waals surface area contributed by atoms with Crippen molar-refractivity contribution in [3.05, 3.63) is 101 Å². The van der Waals surface area contributed by atoms with Gasteiger partial charge in [-0.3, -0.25) is 4.79 Å². The van der Waals surface area contributed by atoms with Gasteiger partial charge in [-0.05, 0) is 66.9 Å². The Balaban J connectivity index is 1.61. The summed E-state index contributed by atoms with van der Waals surface area (Å²) in [5.41, 5.74) is 4.84. The highest BCUT2D eigenvalue weighted by molar-refractivity contribution is 5.95. The third-order valence-electron chi connectivity index (χ3n) is 5.89. The first kappa shape index (κ1) is 19.4. The molecule has 4 nitrogen and oxygen atoms in total. The average Bonchev–Trinajstić information content (AvgIpc) is 3.18. The molecule has 1 aliphatic rings. The zero-order valence-corrected chi connectivity index (χ0v) is 17.3. The predicted molar refractivity (Wildman–Crippen MR) is 119 cm³/mol. The summed E-state index contributed by atoms with van der Waals surface area (Å²) in [6.45, 7) is 3.14. The summed E-state index contributed by atoms with van der Waals surface area (Å²) >= 11 is 0. The van der Waals surface area contributed by atoms with Crippen LogP contribution in [0.4, 0.5) is 4.39 Å². The average molecular weight is 414 g/mol. The number of carbonyl (C=O) groups is 1. The molecule has 31 heavy (non-hydrogen) atoms. The molecule has 1 amide bonds. The van der Waals surface area contributed by atoms with Gasteiger partial charge in [-0.25, -0.2) is 4.39 Å². The quantitative estimate of drug-likeness (QED) is 0.480. The largest absolute Gasteiger partial charge is 0.494 e. The van der Waals surface area contributed by atoms with E-state index in [1.54, 1.807) is 12.1 Å². The number of aromatic nitrogens is 1. The first-order valence-corrected chi connectivity index (χ1v) is 10.5. The molecule has 0 aliphatic carbocycles. The normalized spacial score (nSPS) is 15.7. The van der Waals surface area contributed by atoms with Crippen molar-refractivity contribution in [2.45, 2.75) is 19.4 Å². The third kappa shape index (κ3) is 3.46. The number of H-pyrrole nitrogens is 1. The molecule has 0 spiro atoms. The molecule has 1 aliphatic heterocycles. The van der Waals surface area contributed by atoms with E-state index in [0.717, 1.165) is 28.9 Å². The summed E-state index contributed by atoms with van der Waals surface area (Å²) in [7, 11) is 0. The van der Waals surface area contributed by atoms with Crippen LogP contribution >= 0.6 is 0 Å². The monoisotopic (exact) mass is 414 g/mol. The Morgan fingerprint density at radius 2 is 1.81 bits per heavy atom. The highest BCUT2D eigenvalue weighted by Gasteiger charge is 2.34. The van der Waals surface area contributed by atoms with Gasteiger partial charge in [0.1, 0.15) is 11.6 Å². The fourth-order valence-electron chi connectivity index (χ4n) is 4.48. The van der Waals surface area contributed by atoms with Gasteiger partial charge in [0.2, 0.25) is 0 Å². The highest BCUT2D eigenvalue weighted by Crippen LogP contribution is 2.39.